The van der Waals surface area contributed by atoms with Crippen molar-refractivity contribution in [3.05, 3.63) is 58.3 Å². The molecule has 0 fully saturated rings. The first-order valence-electron chi connectivity index (χ1n) is 30.7. The molecule has 0 saturated heterocycles. The second-order valence-corrected chi connectivity index (χ2v) is 24.8. The summed E-state index contributed by atoms with van der Waals surface area (Å²) in [7, 11) is 0. The minimum atomic E-state index is 0.168. The lowest BCUT2D eigenvalue weighted by Crippen LogP contribution is -2.40. The summed E-state index contributed by atoms with van der Waals surface area (Å²) < 4.78 is 0. The molecule has 0 bridgehead atoms. The van der Waals surface area contributed by atoms with E-state index >= 15 is 0 Å². The molecule has 2 atom stereocenters. The van der Waals surface area contributed by atoms with Crippen molar-refractivity contribution < 1.29 is 9.59 Å². The molecule has 2 aromatic carbocycles. The Morgan fingerprint density at radius 3 is 1.04 bits per heavy atom. The number of hydrogen-bond acceptors (Lipinski definition) is 6. The van der Waals surface area contributed by atoms with Gasteiger partial charge in [-0.3, -0.25) is 19.4 Å². The van der Waals surface area contributed by atoms with Gasteiger partial charge >= 0.3 is 0 Å². The third-order valence-electron chi connectivity index (χ3n) is 17.0. The quantitative estimate of drug-likeness (QED) is 0.0286. The van der Waals surface area contributed by atoms with Crippen LogP contribution >= 0.6 is 22.7 Å². The summed E-state index contributed by atoms with van der Waals surface area (Å²) in [6.45, 7) is 10.6. The Balaban J connectivity index is 1.18. The summed E-state index contributed by atoms with van der Waals surface area (Å²) in [5.41, 5.74) is 4.00. The molecule has 0 radical (unpaired) electrons. The van der Waals surface area contributed by atoms with Gasteiger partial charge in [-0.2, -0.15) is 0 Å². The van der Waals surface area contributed by atoms with Crippen molar-refractivity contribution in [2.24, 2.45) is 11.8 Å². The Labute approximate surface area is 455 Å². The third-order valence-corrected chi connectivity index (χ3v) is 18.8. The van der Waals surface area contributed by atoms with E-state index in [0.717, 1.165) is 104 Å². The number of pyridine rings is 2. The zero-order valence-electron chi connectivity index (χ0n) is 46.7. The zero-order valence-corrected chi connectivity index (χ0v) is 48.3. The highest BCUT2D eigenvalue weighted by Gasteiger charge is 2.37. The number of amides is 2. The van der Waals surface area contributed by atoms with Gasteiger partial charge in [-0.25, -0.2) is 9.97 Å². The van der Waals surface area contributed by atoms with Crippen LogP contribution in [0.1, 0.15) is 244 Å². The van der Waals surface area contributed by atoms with Crippen LogP contribution in [-0.4, -0.2) is 34.9 Å². The van der Waals surface area contributed by atoms with Gasteiger partial charge in [-0.05, 0) is 83.7 Å². The first-order chi connectivity index (χ1) is 36.4. The van der Waals surface area contributed by atoms with Crippen LogP contribution in [0.3, 0.4) is 0 Å². The maximum absolute atomic E-state index is 15.0. The van der Waals surface area contributed by atoms with Gasteiger partial charge in [0.05, 0.1) is 34.0 Å². The highest BCUT2D eigenvalue weighted by Crippen LogP contribution is 2.52. The Morgan fingerprint density at radius 2 is 0.743 bits per heavy atom. The molecule has 6 nitrogen and oxygen atoms in total. The van der Waals surface area contributed by atoms with E-state index in [4.69, 9.17) is 9.97 Å². The minimum absolute atomic E-state index is 0.168. The molecule has 2 unspecified atom stereocenters. The molecular weight excluding hydrogens is 945 g/mol. The van der Waals surface area contributed by atoms with Crippen molar-refractivity contribution in [2.75, 3.05) is 22.9 Å². The molecule has 2 aliphatic heterocycles. The maximum atomic E-state index is 15.0. The van der Waals surface area contributed by atoms with E-state index in [1.54, 1.807) is 22.7 Å². The molecule has 2 amide bonds. The van der Waals surface area contributed by atoms with E-state index in [1.165, 1.54) is 191 Å². The topological polar surface area (TPSA) is 66.4 Å². The standard InChI is InChI=1S/C66H94N4O2S2/c1-5-9-13-17-21-23-27-31-37-49(35-29-25-19-15-11-7-3)47-69-57(71)45-51-43-54-62-60-52(44-53-61(62)59(51)65(69)67-63(53)55-39-33-41-73-55)46-58(72)70(66(60)68-64(54)56-40-34-42-74-56)48-50(36-30-26-20-16-12-8-4)38-32-28-24-22-18-14-10-6-2/h33-34,39-44,49-50H,5-32,35-38,45-48H2,1-4H3. The first-order valence-corrected chi connectivity index (χ1v) is 32.5. The van der Waals surface area contributed by atoms with Crippen LogP contribution in [0.5, 0.6) is 0 Å². The average molecular weight is 1040 g/mol. The molecular formula is C66H94N4O2S2. The van der Waals surface area contributed by atoms with E-state index in [0.29, 0.717) is 24.7 Å². The van der Waals surface area contributed by atoms with Crippen molar-refractivity contribution in [3.63, 3.8) is 0 Å². The van der Waals surface area contributed by atoms with Gasteiger partial charge in [0.2, 0.25) is 11.8 Å². The molecule has 74 heavy (non-hydrogen) atoms. The Kier molecular flexibility index (Phi) is 22.5. The lowest BCUT2D eigenvalue weighted by atomic mass is 9.83. The molecule has 6 aromatic rings. The van der Waals surface area contributed by atoms with Crippen LogP contribution in [0.25, 0.3) is 53.5 Å². The average Bonchev–Trinajstić information content (AvgIpc) is 4.16. The number of unbranched alkanes of at least 4 members (excludes halogenated alkanes) is 24. The molecule has 8 rings (SSSR count). The van der Waals surface area contributed by atoms with E-state index in [2.05, 4.69) is 84.7 Å². The minimum Gasteiger partial charge on any atom is -0.296 e. The molecule has 0 saturated carbocycles. The summed E-state index contributed by atoms with van der Waals surface area (Å²) in [6.07, 6.45) is 41.8. The monoisotopic (exact) mass is 1040 g/mol. The molecule has 6 heterocycles. The van der Waals surface area contributed by atoms with Gasteiger partial charge in [0.1, 0.15) is 11.6 Å². The molecule has 402 valence electrons. The SMILES string of the molecule is CCCCCCCCCCC(CCCCCCCC)CN1C(=O)Cc2cc3c(-c4cccs4)nc4c5c(cc6c(-c7cccs7)nc1c2c6c35)CC(=O)N4CC(CCCCCCCC)CCCCCCCCCC. The third kappa shape index (κ3) is 14.4. The smallest absolute Gasteiger partial charge is 0.232 e. The highest BCUT2D eigenvalue weighted by molar-refractivity contribution is 7.14. The highest BCUT2D eigenvalue weighted by atomic mass is 32.1. The van der Waals surface area contributed by atoms with Crippen LogP contribution in [0.15, 0.2) is 47.2 Å². The van der Waals surface area contributed by atoms with Crippen LogP contribution in [0, 0.1) is 11.8 Å². The predicted molar refractivity (Wildman–Crippen MR) is 322 cm³/mol. The Morgan fingerprint density at radius 1 is 0.432 bits per heavy atom. The maximum Gasteiger partial charge on any atom is 0.232 e. The van der Waals surface area contributed by atoms with Crippen LogP contribution < -0.4 is 9.80 Å². The zero-order chi connectivity index (χ0) is 51.5. The molecule has 0 aliphatic carbocycles. The number of carbonyl (C=O) groups excluding carboxylic acids is 2. The first kappa shape index (κ1) is 56.3. The Bertz CT molecular complexity index is 2440. The number of nitrogens with zero attached hydrogens (tertiary/aromatic N) is 4. The summed E-state index contributed by atoms with van der Waals surface area (Å²) in [5, 5.41) is 11.2. The van der Waals surface area contributed by atoms with Gasteiger partial charge in [0.15, 0.2) is 0 Å². The fraction of sp³-hybridized carbons (Fsp3) is 0.636. The number of rotatable bonds is 38. The van der Waals surface area contributed by atoms with Gasteiger partial charge in [-0.1, -0.05) is 220 Å². The van der Waals surface area contributed by atoms with E-state index < -0.39 is 0 Å². The van der Waals surface area contributed by atoms with Gasteiger partial charge in [0, 0.05) is 45.4 Å². The number of aromatic nitrogens is 2. The summed E-state index contributed by atoms with van der Waals surface area (Å²) in [5.74, 6) is 2.90. The lowest BCUT2D eigenvalue weighted by Gasteiger charge is -2.35. The summed E-state index contributed by atoms with van der Waals surface area (Å²) >= 11 is 3.43. The number of thiophene rings is 2. The van der Waals surface area contributed by atoms with Gasteiger partial charge in [0.25, 0.3) is 0 Å². The van der Waals surface area contributed by atoms with Crippen molar-refractivity contribution in [2.45, 2.75) is 246 Å². The summed E-state index contributed by atoms with van der Waals surface area (Å²) in [6, 6.07) is 13.3. The molecule has 0 N–H and O–H groups in total. The van der Waals surface area contributed by atoms with Gasteiger partial charge < -0.3 is 0 Å². The predicted octanol–water partition coefficient (Wildman–Crippen LogP) is 20.4. The number of anilines is 2. The number of hydrogen-bond donors (Lipinski definition) is 0. The number of carbonyl (C=O) groups is 2. The second kappa shape index (κ2) is 29.6. The molecule has 0 spiro atoms. The Hall–Kier alpha value is -3.88. The van der Waals surface area contributed by atoms with Crippen molar-refractivity contribution in [1.82, 2.24) is 9.97 Å². The lowest BCUT2D eigenvalue weighted by molar-refractivity contribution is -0.119. The number of benzene rings is 2. The summed E-state index contributed by atoms with van der Waals surface area (Å²) in [4.78, 5) is 47.8. The fourth-order valence-electron chi connectivity index (χ4n) is 12.8. The van der Waals surface area contributed by atoms with E-state index in [-0.39, 0.29) is 11.8 Å². The normalized spacial score (nSPS) is 14.5. The van der Waals surface area contributed by atoms with Crippen molar-refractivity contribution >= 4 is 78.4 Å². The largest absolute Gasteiger partial charge is 0.296 e. The van der Waals surface area contributed by atoms with Crippen molar-refractivity contribution in [3.8, 4) is 21.1 Å². The second-order valence-electron chi connectivity index (χ2n) is 22.9. The van der Waals surface area contributed by atoms with E-state index in [1.807, 2.05) is 0 Å². The van der Waals surface area contributed by atoms with Crippen LogP contribution in [0.2, 0.25) is 0 Å². The van der Waals surface area contributed by atoms with Crippen LogP contribution in [-0.2, 0) is 22.4 Å². The van der Waals surface area contributed by atoms with Crippen molar-refractivity contribution in [1.29, 1.82) is 0 Å². The fourth-order valence-corrected chi connectivity index (χ4v) is 14.3. The molecule has 8 heteroatoms. The molecule has 2 aliphatic rings. The molecule has 4 aromatic heterocycles. The van der Waals surface area contributed by atoms with Gasteiger partial charge in [-0.15, -0.1) is 22.7 Å². The van der Waals surface area contributed by atoms with E-state index in [9.17, 15) is 9.59 Å². The van der Waals surface area contributed by atoms with Crippen LogP contribution in [0.4, 0.5) is 11.6 Å².